The Labute approximate surface area is 211 Å². The Morgan fingerprint density at radius 3 is 2.42 bits per heavy atom. The van der Waals surface area contributed by atoms with Gasteiger partial charge in [-0.15, -0.1) is 0 Å². The number of ether oxygens (including phenoxy) is 3. The lowest BCUT2D eigenvalue weighted by molar-refractivity contribution is -0.295. The quantitative estimate of drug-likeness (QED) is 0.466. The summed E-state index contributed by atoms with van der Waals surface area (Å²) in [6.07, 6.45) is 2.17. The van der Waals surface area contributed by atoms with E-state index in [0.717, 1.165) is 12.0 Å². The first kappa shape index (κ1) is 24.4. The highest BCUT2D eigenvalue weighted by atomic mass is 16.7. The smallest absolute Gasteiger partial charge is 0.339 e. The van der Waals surface area contributed by atoms with Gasteiger partial charge in [-0.05, 0) is 42.6 Å². The summed E-state index contributed by atoms with van der Waals surface area (Å²) in [6, 6.07) is 1.82. The Morgan fingerprint density at radius 2 is 1.78 bits per heavy atom. The highest BCUT2D eigenvalue weighted by Crippen LogP contribution is 2.80. The highest BCUT2D eigenvalue weighted by Gasteiger charge is 2.88. The van der Waals surface area contributed by atoms with Crippen LogP contribution in [0.25, 0.3) is 0 Å². The normalized spacial score (nSPS) is 52.7. The first-order valence-electron chi connectivity index (χ1n) is 13.2. The Balaban J connectivity index is 1.51. The minimum absolute atomic E-state index is 0.0932. The number of carbonyl (C=O) groups is 2. The van der Waals surface area contributed by atoms with Crippen LogP contribution < -0.4 is 0 Å². The molecule has 6 rings (SSSR count). The lowest BCUT2D eigenvalue weighted by Gasteiger charge is -2.71. The predicted octanol–water partition coefficient (Wildman–Crippen LogP) is 3.55. The monoisotopic (exact) mass is 502 g/mol. The molecule has 0 bridgehead atoms. The molecule has 8 heteroatoms. The lowest BCUT2D eigenvalue weighted by atomic mass is 9.34. The molecule has 3 aliphatic carbocycles. The van der Waals surface area contributed by atoms with Crippen LogP contribution in [0.2, 0.25) is 0 Å². The van der Waals surface area contributed by atoms with E-state index in [0.29, 0.717) is 19.3 Å². The topological polar surface area (TPSA) is 119 Å². The van der Waals surface area contributed by atoms with Crippen LogP contribution in [0.4, 0.5) is 0 Å². The molecule has 36 heavy (non-hydrogen) atoms. The number of aliphatic hydroxyl groups excluding tert-OH is 2. The molecule has 8 nitrogen and oxygen atoms in total. The molecule has 0 unspecified atom stereocenters. The number of fused-ring (bicyclic) bond motifs is 3. The Morgan fingerprint density at radius 1 is 1.06 bits per heavy atom. The minimum atomic E-state index is -0.922. The van der Waals surface area contributed by atoms with Gasteiger partial charge in [0.2, 0.25) is 0 Å². The van der Waals surface area contributed by atoms with E-state index in [-0.39, 0.29) is 17.8 Å². The van der Waals surface area contributed by atoms with Gasteiger partial charge in [0.25, 0.3) is 0 Å². The van der Waals surface area contributed by atoms with E-state index in [1.165, 1.54) is 6.92 Å². The third-order valence-electron chi connectivity index (χ3n) is 11.7. The van der Waals surface area contributed by atoms with Gasteiger partial charge in [-0.25, -0.2) is 4.79 Å². The molecule has 1 aromatic rings. The molecule has 2 saturated heterocycles. The second-order valence-corrected chi connectivity index (χ2v) is 13.2. The number of esters is 2. The van der Waals surface area contributed by atoms with E-state index in [1.807, 2.05) is 6.07 Å². The molecule has 2 aliphatic heterocycles. The van der Waals surface area contributed by atoms with Gasteiger partial charge in [0.05, 0.1) is 24.7 Å². The van der Waals surface area contributed by atoms with Crippen LogP contribution in [0.3, 0.4) is 0 Å². The summed E-state index contributed by atoms with van der Waals surface area (Å²) in [5.41, 5.74) is -2.52. The predicted molar refractivity (Wildman–Crippen MR) is 126 cm³/mol. The number of furan rings is 1. The molecule has 3 saturated carbocycles. The van der Waals surface area contributed by atoms with Crippen LogP contribution in [0.15, 0.2) is 23.0 Å². The van der Waals surface area contributed by atoms with Crippen molar-refractivity contribution in [3.05, 3.63) is 24.2 Å². The molecular formula is C28H38O8. The van der Waals surface area contributed by atoms with E-state index >= 15 is 0 Å². The van der Waals surface area contributed by atoms with Gasteiger partial charge in [-0.1, -0.05) is 34.6 Å². The number of hydrogen-bond donors (Lipinski definition) is 2. The molecule has 1 spiro atoms. The first-order chi connectivity index (χ1) is 16.8. The van der Waals surface area contributed by atoms with E-state index in [9.17, 15) is 19.8 Å². The molecule has 0 aromatic carbocycles. The average Bonchev–Trinajstić information content (AvgIpc) is 3.37. The molecule has 5 fully saturated rings. The fourth-order valence-electron chi connectivity index (χ4n) is 9.83. The minimum Gasteiger partial charge on any atom is -0.472 e. The maximum Gasteiger partial charge on any atom is 0.339 e. The van der Waals surface area contributed by atoms with Crippen molar-refractivity contribution < 1.29 is 38.4 Å². The summed E-state index contributed by atoms with van der Waals surface area (Å²) in [6.45, 7) is 11.8. The third kappa shape index (κ3) is 2.56. The zero-order valence-corrected chi connectivity index (χ0v) is 21.9. The van der Waals surface area contributed by atoms with Crippen LogP contribution >= 0.6 is 0 Å². The van der Waals surface area contributed by atoms with Gasteiger partial charge in [0.1, 0.15) is 17.8 Å². The summed E-state index contributed by atoms with van der Waals surface area (Å²) in [5, 5.41) is 23.1. The van der Waals surface area contributed by atoms with Crippen molar-refractivity contribution in [1.82, 2.24) is 0 Å². The Hall–Kier alpha value is -1.90. The van der Waals surface area contributed by atoms with Crippen molar-refractivity contribution in [2.75, 3.05) is 0 Å². The summed E-state index contributed by atoms with van der Waals surface area (Å²) in [5.74, 6) is -0.982. The SMILES string of the molecule is CC(=O)O[C@@H]1C[C@H](O)C(C)(C)[C@@H]2C[C@@H](O)[C@]3(C)[C@H](CC[C@@]4(C)[C@H](c5ccoc5)OC(=O)[C@@H]5O[C@@]534)[C@]12C. The molecule has 198 valence electrons. The van der Waals surface area contributed by atoms with Crippen LogP contribution in [0.5, 0.6) is 0 Å². The van der Waals surface area contributed by atoms with Crippen molar-refractivity contribution in [3.63, 3.8) is 0 Å². The Bertz CT molecular complexity index is 1100. The Kier molecular flexibility index (Phi) is 4.85. The van der Waals surface area contributed by atoms with E-state index in [1.54, 1.807) is 12.5 Å². The van der Waals surface area contributed by atoms with Gasteiger partial charge in [0, 0.05) is 35.2 Å². The van der Waals surface area contributed by atoms with Crippen molar-refractivity contribution in [2.45, 2.75) is 103 Å². The van der Waals surface area contributed by atoms with Crippen LogP contribution in [0, 0.1) is 33.5 Å². The average molecular weight is 503 g/mol. The van der Waals surface area contributed by atoms with E-state index in [4.69, 9.17) is 18.6 Å². The van der Waals surface area contributed by atoms with Crippen LogP contribution in [0.1, 0.15) is 78.9 Å². The molecule has 3 heterocycles. The van der Waals surface area contributed by atoms with Gasteiger partial charge in [-0.2, -0.15) is 0 Å². The van der Waals surface area contributed by atoms with Crippen molar-refractivity contribution in [1.29, 1.82) is 0 Å². The lowest BCUT2D eigenvalue weighted by Crippen LogP contribution is -2.75. The summed E-state index contributed by atoms with van der Waals surface area (Å²) in [4.78, 5) is 25.4. The zero-order chi connectivity index (χ0) is 26.1. The van der Waals surface area contributed by atoms with Crippen molar-refractivity contribution in [2.24, 2.45) is 33.5 Å². The van der Waals surface area contributed by atoms with Gasteiger partial charge in [0.15, 0.2) is 6.10 Å². The van der Waals surface area contributed by atoms with E-state index < -0.39 is 63.8 Å². The standard InChI is InChI=1S/C28H38O8/c1-14(29)34-20-12-18(30)24(2,3)17-11-19(31)27(6)16(26(17,20)5)7-9-25(4)21(15-8-10-33-13-15)35-23(32)22-28(25,27)36-22/h8,10,13,16-22,30-31H,7,9,11-12H2,1-6H3/t16-,17+,18+,19-,20-,21+,22+,25+,26+,27+,28-/m1/s1. The van der Waals surface area contributed by atoms with Crippen molar-refractivity contribution in [3.8, 4) is 0 Å². The number of rotatable bonds is 2. The maximum atomic E-state index is 13.2. The summed E-state index contributed by atoms with van der Waals surface area (Å²) in [7, 11) is 0. The molecule has 1 aromatic heterocycles. The molecule has 2 N–H and O–H groups in total. The molecular weight excluding hydrogens is 464 g/mol. The summed E-state index contributed by atoms with van der Waals surface area (Å²) < 4.78 is 23.7. The molecule has 0 amide bonds. The molecule has 0 radical (unpaired) electrons. The van der Waals surface area contributed by atoms with E-state index in [2.05, 4.69) is 34.6 Å². The fraction of sp³-hybridized carbons (Fsp3) is 0.786. The number of carbonyl (C=O) groups excluding carboxylic acids is 2. The maximum absolute atomic E-state index is 13.2. The number of epoxide rings is 1. The fourth-order valence-corrected chi connectivity index (χ4v) is 9.83. The van der Waals surface area contributed by atoms with Gasteiger partial charge in [-0.3, -0.25) is 4.79 Å². The third-order valence-corrected chi connectivity index (χ3v) is 11.7. The number of cyclic esters (lactones) is 1. The second kappa shape index (κ2) is 7.14. The van der Waals surface area contributed by atoms with Gasteiger partial charge < -0.3 is 28.8 Å². The van der Waals surface area contributed by atoms with Crippen LogP contribution in [-0.2, 0) is 23.8 Å². The number of aliphatic hydroxyl groups is 2. The second-order valence-electron chi connectivity index (χ2n) is 13.2. The zero-order valence-electron chi connectivity index (χ0n) is 21.9. The molecule has 11 atom stereocenters. The van der Waals surface area contributed by atoms with Crippen LogP contribution in [-0.4, -0.2) is 52.2 Å². The highest BCUT2D eigenvalue weighted by molar-refractivity contribution is 5.82. The van der Waals surface area contributed by atoms with Crippen molar-refractivity contribution >= 4 is 11.9 Å². The number of hydrogen-bond acceptors (Lipinski definition) is 8. The molecule has 5 aliphatic rings. The summed E-state index contributed by atoms with van der Waals surface area (Å²) >= 11 is 0. The first-order valence-corrected chi connectivity index (χ1v) is 13.2. The largest absolute Gasteiger partial charge is 0.472 e. The van der Waals surface area contributed by atoms with Gasteiger partial charge >= 0.3 is 11.9 Å².